The highest BCUT2D eigenvalue weighted by atomic mass is 16.7. The number of hydrogen-bond donors (Lipinski definition) is 0. The maximum absolute atomic E-state index is 13.9. The van der Waals surface area contributed by atoms with Crippen molar-refractivity contribution < 1.29 is 47.6 Å². The lowest BCUT2D eigenvalue weighted by Gasteiger charge is -2.39. The van der Waals surface area contributed by atoms with Gasteiger partial charge in [-0.05, 0) is 30.4 Å². The number of benzene rings is 1. The molecule has 4 rings (SSSR count). The molecule has 2 aliphatic heterocycles. The molecule has 0 N–H and O–H groups in total. The van der Waals surface area contributed by atoms with Gasteiger partial charge >= 0.3 is 17.9 Å². The molecule has 1 aliphatic carbocycles. The molecule has 200 valence electrons. The Kier molecular flexibility index (Phi) is 7.21. The molecule has 0 bridgehead atoms. The first-order valence-corrected chi connectivity index (χ1v) is 12.3. The second-order valence-corrected chi connectivity index (χ2v) is 9.82. The predicted molar refractivity (Wildman–Crippen MR) is 128 cm³/mol. The number of esters is 3. The van der Waals surface area contributed by atoms with E-state index in [9.17, 15) is 19.2 Å². The van der Waals surface area contributed by atoms with Crippen molar-refractivity contribution >= 4 is 23.7 Å². The Balaban J connectivity index is 2.06. The molecule has 0 spiro atoms. The van der Waals surface area contributed by atoms with E-state index in [4.69, 9.17) is 28.4 Å². The van der Waals surface area contributed by atoms with E-state index in [1.807, 2.05) is 20.8 Å². The quantitative estimate of drug-likeness (QED) is 0.241. The molecule has 5 unspecified atom stereocenters. The fraction of sp³-hybridized carbons (Fsp3) is 0.556. The summed E-state index contributed by atoms with van der Waals surface area (Å²) in [7, 11) is 2.35. The summed E-state index contributed by atoms with van der Waals surface area (Å²) < 4.78 is 33.2. The molecule has 0 fully saturated rings. The molecule has 0 radical (unpaired) electrons. The Hall–Kier alpha value is -3.56. The lowest BCUT2D eigenvalue weighted by Crippen LogP contribution is -2.47. The molecule has 0 saturated heterocycles. The molecule has 0 aromatic heterocycles. The van der Waals surface area contributed by atoms with Crippen LogP contribution in [0.4, 0.5) is 0 Å². The first-order valence-electron chi connectivity index (χ1n) is 12.3. The van der Waals surface area contributed by atoms with Crippen molar-refractivity contribution in [3.63, 3.8) is 0 Å². The second kappa shape index (κ2) is 10.1. The van der Waals surface area contributed by atoms with Gasteiger partial charge < -0.3 is 28.4 Å². The number of fused-ring (bicyclic) bond motifs is 2. The summed E-state index contributed by atoms with van der Waals surface area (Å²) in [4.78, 5) is 52.1. The molecule has 5 atom stereocenters. The Morgan fingerprint density at radius 3 is 2.49 bits per heavy atom. The molecular weight excluding hydrogens is 484 g/mol. The Bertz CT molecular complexity index is 1170. The van der Waals surface area contributed by atoms with Gasteiger partial charge in [-0.1, -0.05) is 27.7 Å². The third-order valence-corrected chi connectivity index (χ3v) is 7.79. The van der Waals surface area contributed by atoms with Gasteiger partial charge in [0.2, 0.25) is 12.5 Å². The van der Waals surface area contributed by atoms with E-state index in [0.29, 0.717) is 28.9 Å². The van der Waals surface area contributed by atoms with Crippen molar-refractivity contribution in [2.24, 2.45) is 17.8 Å². The van der Waals surface area contributed by atoms with E-state index in [1.54, 1.807) is 13.0 Å². The monoisotopic (exact) mass is 516 g/mol. The summed E-state index contributed by atoms with van der Waals surface area (Å²) in [6, 6.07) is 1.67. The lowest BCUT2D eigenvalue weighted by molar-refractivity contribution is -0.158. The predicted octanol–water partition coefficient (Wildman–Crippen LogP) is 3.19. The minimum atomic E-state index is -1.72. The summed E-state index contributed by atoms with van der Waals surface area (Å²) in [5.74, 6) is -2.96. The Morgan fingerprint density at radius 2 is 1.84 bits per heavy atom. The summed E-state index contributed by atoms with van der Waals surface area (Å²) in [5.41, 5.74) is -0.606. The number of rotatable bonds is 6. The maximum Gasteiger partial charge on any atom is 0.375 e. The summed E-state index contributed by atoms with van der Waals surface area (Å²) in [6.07, 6.45) is 1.27. The van der Waals surface area contributed by atoms with Crippen LogP contribution in [0.25, 0.3) is 0 Å². The SMILES string of the molecule is CCC(C)C(=O)OC1c2cc3c(c4c2C(C(=O)C(=O)OC)(CO4)/C(=C\C(=O)OC)CC(C)C1C)OCO3. The van der Waals surface area contributed by atoms with Gasteiger partial charge in [0.1, 0.15) is 18.1 Å². The molecule has 1 aromatic rings. The van der Waals surface area contributed by atoms with E-state index in [2.05, 4.69) is 0 Å². The summed E-state index contributed by atoms with van der Waals surface area (Å²) in [6.45, 7) is 7.21. The molecule has 10 nitrogen and oxygen atoms in total. The van der Waals surface area contributed by atoms with Gasteiger partial charge in [-0.2, -0.15) is 0 Å². The van der Waals surface area contributed by atoms with Crippen LogP contribution >= 0.6 is 0 Å². The van der Waals surface area contributed by atoms with E-state index < -0.39 is 29.2 Å². The maximum atomic E-state index is 13.9. The Morgan fingerprint density at radius 1 is 1.11 bits per heavy atom. The van der Waals surface area contributed by atoms with E-state index in [1.165, 1.54) is 13.2 Å². The molecule has 0 saturated carbocycles. The molecule has 3 aliphatic rings. The average molecular weight is 517 g/mol. The molecule has 0 amide bonds. The minimum absolute atomic E-state index is 0.0688. The zero-order valence-electron chi connectivity index (χ0n) is 21.9. The number of carbonyl (C=O) groups excluding carboxylic acids is 4. The average Bonchev–Trinajstić information content (AvgIpc) is 3.53. The van der Waals surface area contributed by atoms with Gasteiger partial charge in [-0.25, -0.2) is 9.59 Å². The van der Waals surface area contributed by atoms with Gasteiger partial charge in [0.05, 0.1) is 20.1 Å². The number of hydrogen-bond acceptors (Lipinski definition) is 10. The van der Waals surface area contributed by atoms with Crippen LogP contribution in [0.1, 0.15) is 57.8 Å². The first-order chi connectivity index (χ1) is 17.6. The standard InChI is InChI=1S/C27H32O10/c1-7-13(2)25(30)37-21-15(4)14(3)8-16(9-19(28)32-5)27(24(29)26(31)33-6)11-34-23-20(27)17(21)10-18-22(23)36-12-35-18/h9-10,13-15,21H,7-8,11-12H2,1-6H3/b16-9-. The van der Waals surface area contributed by atoms with Crippen molar-refractivity contribution in [2.75, 3.05) is 27.6 Å². The van der Waals surface area contributed by atoms with E-state index in [0.717, 1.165) is 7.11 Å². The number of carbonyl (C=O) groups is 4. The van der Waals surface area contributed by atoms with Crippen LogP contribution in [0, 0.1) is 17.8 Å². The summed E-state index contributed by atoms with van der Waals surface area (Å²) >= 11 is 0. The molecule has 10 heteroatoms. The van der Waals surface area contributed by atoms with Gasteiger partial charge in [0, 0.05) is 23.1 Å². The largest absolute Gasteiger partial charge is 0.487 e. The van der Waals surface area contributed by atoms with Gasteiger partial charge in [0.25, 0.3) is 5.78 Å². The third kappa shape index (κ3) is 4.22. The summed E-state index contributed by atoms with van der Waals surface area (Å²) in [5, 5.41) is 0. The van der Waals surface area contributed by atoms with Crippen molar-refractivity contribution in [1.82, 2.24) is 0 Å². The third-order valence-electron chi connectivity index (χ3n) is 7.79. The van der Waals surface area contributed by atoms with Crippen LogP contribution < -0.4 is 14.2 Å². The van der Waals surface area contributed by atoms with Crippen LogP contribution in [0.15, 0.2) is 17.7 Å². The van der Waals surface area contributed by atoms with Crippen LogP contribution in [0.3, 0.4) is 0 Å². The fourth-order valence-electron chi connectivity index (χ4n) is 5.18. The number of ether oxygens (including phenoxy) is 6. The van der Waals surface area contributed by atoms with Crippen molar-refractivity contribution in [3.05, 3.63) is 28.8 Å². The van der Waals surface area contributed by atoms with Crippen LogP contribution in [-0.4, -0.2) is 51.3 Å². The van der Waals surface area contributed by atoms with Gasteiger partial charge in [-0.3, -0.25) is 9.59 Å². The molecular formula is C27H32O10. The van der Waals surface area contributed by atoms with Crippen molar-refractivity contribution in [2.45, 2.75) is 52.1 Å². The lowest BCUT2D eigenvalue weighted by atomic mass is 9.63. The van der Waals surface area contributed by atoms with Crippen molar-refractivity contribution in [3.8, 4) is 17.2 Å². The van der Waals surface area contributed by atoms with Gasteiger partial charge in [0.15, 0.2) is 11.5 Å². The zero-order valence-corrected chi connectivity index (χ0v) is 21.9. The highest BCUT2D eigenvalue weighted by Gasteiger charge is 2.58. The molecule has 2 heterocycles. The topological polar surface area (TPSA) is 124 Å². The van der Waals surface area contributed by atoms with Crippen molar-refractivity contribution in [1.29, 1.82) is 0 Å². The number of ketones is 1. The first kappa shape index (κ1) is 26.5. The van der Waals surface area contributed by atoms with E-state index >= 15 is 0 Å². The zero-order chi connectivity index (χ0) is 27.1. The smallest absolute Gasteiger partial charge is 0.375 e. The van der Waals surface area contributed by atoms with Crippen LogP contribution in [0.2, 0.25) is 0 Å². The Labute approximate surface area is 215 Å². The van der Waals surface area contributed by atoms with Crippen LogP contribution in [0.5, 0.6) is 17.2 Å². The van der Waals surface area contributed by atoms with Gasteiger partial charge in [-0.15, -0.1) is 0 Å². The second-order valence-electron chi connectivity index (χ2n) is 9.82. The highest BCUT2D eigenvalue weighted by molar-refractivity contribution is 6.38. The normalized spacial score (nSPS) is 27.3. The molecule has 1 aromatic carbocycles. The highest BCUT2D eigenvalue weighted by Crippen LogP contribution is 2.59. The van der Waals surface area contributed by atoms with E-state index in [-0.39, 0.29) is 55.0 Å². The number of Topliss-reactive ketones (excluding diaryl/α,β-unsaturated/α-hetero) is 1. The molecule has 37 heavy (non-hydrogen) atoms. The number of methoxy groups -OCH3 is 2. The minimum Gasteiger partial charge on any atom is -0.487 e. The van der Waals surface area contributed by atoms with Crippen LogP contribution in [-0.2, 0) is 38.8 Å². The fourth-order valence-corrected chi connectivity index (χ4v) is 5.18.